The van der Waals surface area contributed by atoms with Gasteiger partial charge in [-0.1, -0.05) is 5.11 Å². The maximum atomic E-state index is 12.5. The molecule has 1 rings (SSSR count). The summed E-state index contributed by atoms with van der Waals surface area (Å²) < 4.78 is 27.9. The molecule has 0 aliphatic rings. The number of nitrogen functional groups attached to an aromatic ring is 1. The number of azide groups is 1. The number of anilines is 1. The quantitative estimate of drug-likeness (QED) is 0.0245. The zero-order chi connectivity index (χ0) is 32.3. The van der Waals surface area contributed by atoms with Gasteiger partial charge in [-0.3, -0.25) is 13.9 Å². The lowest BCUT2D eigenvalue weighted by atomic mass is 9.95. The second kappa shape index (κ2) is 16.4. The summed E-state index contributed by atoms with van der Waals surface area (Å²) in [4.78, 5) is 51.1. The van der Waals surface area contributed by atoms with Crippen LogP contribution in [-0.2, 0) is 34.7 Å². The van der Waals surface area contributed by atoms with Gasteiger partial charge in [0.05, 0.1) is 43.6 Å². The molecule has 1 aromatic rings. The number of carboxylic acids is 1. The van der Waals surface area contributed by atoms with Gasteiger partial charge in [-0.15, -0.1) is 0 Å². The number of hydrogen-bond acceptors (Lipinski definition) is 15. The van der Waals surface area contributed by atoms with Crippen molar-refractivity contribution < 1.29 is 63.5 Å². The van der Waals surface area contributed by atoms with Crippen LogP contribution in [0.5, 0.6) is 0 Å². The molecule has 21 nitrogen and oxygen atoms in total. The van der Waals surface area contributed by atoms with Crippen LogP contribution in [0.15, 0.2) is 22.2 Å². The van der Waals surface area contributed by atoms with E-state index >= 15 is 0 Å². The van der Waals surface area contributed by atoms with Crippen molar-refractivity contribution in [3.05, 3.63) is 33.2 Å². The van der Waals surface area contributed by atoms with Gasteiger partial charge in [-0.05, 0) is 24.9 Å². The molecule has 0 spiro atoms. The molecule has 0 radical (unpaired) electrons. The molecular weight excluding hydrogens is 593 g/mol. The van der Waals surface area contributed by atoms with E-state index in [1.165, 1.54) is 19.2 Å². The minimum absolute atomic E-state index is 0.0662. The van der Waals surface area contributed by atoms with Gasteiger partial charge in [0, 0.05) is 24.5 Å². The number of phosphoric ester groups is 1. The summed E-state index contributed by atoms with van der Waals surface area (Å²) in [5.41, 5.74) is 12.9. The van der Waals surface area contributed by atoms with Crippen LogP contribution in [0.1, 0.15) is 26.7 Å². The standard InChI is InChI=1S/C20H34N7O14P/c1-10(28)16(39-9-27-4-3-17(21)25-19(27)35)8-40-42(37,38)41-20(36,18(33)34)6-14(31)12(24-11(2)29)5-13(30)15(32)7-23-26-22/h3-4,10,12-16,28,30-32,36H,5-9H2,1-2H3,(H,24,29)(H,33,34)(H,37,38)(H2,21,25,35)/t10-,12+,13+,14-,15-,16-,20-/m1/s1. The molecule has 0 aromatic carbocycles. The van der Waals surface area contributed by atoms with E-state index in [9.17, 15) is 54.5 Å². The normalized spacial score (nSPS) is 18.7. The molecule has 238 valence electrons. The van der Waals surface area contributed by atoms with Crippen LogP contribution in [-0.4, -0.2) is 112 Å². The van der Waals surface area contributed by atoms with E-state index in [0.29, 0.717) is 0 Å². The summed E-state index contributed by atoms with van der Waals surface area (Å²) in [5, 5.41) is 65.7. The molecule has 0 saturated carbocycles. The number of nitrogens with zero attached hydrogens (tertiary/aromatic N) is 5. The molecule has 0 bridgehead atoms. The van der Waals surface area contributed by atoms with Crippen molar-refractivity contribution in [1.82, 2.24) is 14.9 Å². The lowest BCUT2D eigenvalue weighted by molar-refractivity contribution is -0.209. The van der Waals surface area contributed by atoms with Crippen molar-refractivity contribution in [2.45, 2.75) is 75.8 Å². The van der Waals surface area contributed by atoms with Crippen LogP contribution in [0.2, 0.25) is 0 Å². The first kappa shape index (κ1) is 36.8. The molecule has 0 aliphatic carbocycles. The van der Waals surface area contributed by atoms with Crippen molar-refractivity contribution in [2.75, 3.05) is 18.9 Å². The maximum absolute atomic E-state index is 12.5. The largest absolute Gasteiger partial charge is 0.477 e. The van der Waals surface area contributed by atoms with Gasteiger partial charge in [-0.2, -0.15) is 4.98 Å². The first-order valence-electron chi connectivity index (χ1n) is 12.0. The molecule has 1 heterocycles. The van der Waals surface area contributed by atoms with Crippen LogP contribution >= 0.6 is 7.82 Å². The Morgan fingerprint density at radius 1 is 1.29 bits per heavy atom. The monoisotopic (exact) mass is 627 g/mol. The predicted octanol–water partition coefficient (Wildman–Crippen LogP) is -2.87. The number of nitrogens with two attached hydrogens (primary N) is 1. The Kier molecular flexibility index (Phi) is 14.4. The fourth-order valence-corrected chi connectivity index (χ4v) is 4.17. The number of carbonyl (C=O) groups is 2. The Labute approximate surface area is 237 Å². The molecule has 1 aromatic heterocycles. The highest BCUT2D eigenvalue weighted by Crippen LogP contribution is 2.48. The molecule has 0 fully saturated rings. The number of amides is 1. The average Bonchev–Trinajstić information content (AvgIpc) is 2.86. The second-order valence-corrected chi connectivity index (χ2v) is 10.4. The van der Waals surface area contributed by atoms with Gasteiger partial charge in [0.2, 0.25) is 5.91 Å². The third-order valence-corrected chi connectivity index (χ3v) is 6.48. The predicted molar refractivity (Wildman–Crippen MR) is 138 cm³/mol. The van der Waals surface area contributed by atoms with Gasteiger partial charge in [0.25, 0.3) is 5.79 Å². The number of carboxylic acid groups (broad SMARTS) is 1. The van der Waals surface area contributed by atoms with E-state index in [2.05, 4.69) is 29.4 Å². The third kappa shape index (κ3) is 12.3. The van der Waals surface area contributed by atoms with E-state index < -0.39 is 100 Å². The van der Waals surface area contributed by atoms with E-state index in [0.717, 1.165) is 11.5 Å². The lowest BCUT2D eigenvalue weighted by Gasteiger charge is -2.32. The summed E-state index contributed by atoms with van der Waals surface area (Å²) in [6, 6.07) is -0.274. The van der Waals surface area contributed by atoms with E-state index in [1.807, 2.05) is 0 Å². The summed E-state index contributed by atoms with van der Waals surface area (Å²) in [6.07, 6.45) is -9.01. The van der Waals surface area contributed by atoms with E-state index in [1.54, 1.807) is 0 Å². The number of aliphatic carboxylic acids is 1. The first-order valence-corrected chi connectivity index (χ1v) is 13.5. The molecule has 1 amide bonds. The van der Waals surface area contributed by atoms with Gasteiger partial charge in [-0.25, -0.2) is 18.7 Å². The maximum Gasteiger partial charge on any atom is 0.475 e. The number of phosphoric acid groups is 1. The number of aliphatic hydroxyl groups excluding tert-OH is 4. The Hall–Kier alpha value is -3.20. The first-order chi connectivity index (χ1) is 19.4. The SMILES string of the molecule is CC(=O)N[C@@H](C[C@H](O)[C@H](O)CN=[N+]=[N-])[C@H](O)C[C@@](O)(OP(=O)(O)OC[C@@H](OCn1ccc(N)nc1=O)[C@@H](C)O)C(=O)O. The van der Waals surface area contributed by atoms with Crippen LogP contribution in [0.25, 0.3) is 10.4 Å². The van der Waals surface area contributed by atoms with Crippen LogP contribution < -0.4 is 16.7 Å². The number of carbonyl (C=O) groups excluding carboxylic acids is 1. The Bertz CT molecular complexity index is 1210. The number of aliphatic hydroxyl groups is 5. The average molecular weight is 628 g/mol. The molecule has 0 aliphatic heterocycles. The van der Waals surface area contributed by atoms with Gasteiger partial charge < -0.3 is 51.3 Å². The zero-order valence-corrected chi connectivity index (χ0v) is 23.3. The molecular formula is C20H34N7O14P. The Balaban J connectivity index is 2.98. The minimum atomic E-state index is -5.50. The minimum Gasteiger partial charge on any atom is -0.477 e. The highest BCUT2D eigenvalue weighted by molar-refractivity contribution is 7.47. The number of nitrogens with one attached hydrogen (secondary N) is 1. The number of ether oxygens (including phenoxy) is 1. The summed E-state index contributed by atoms with van der Waals surface area (Å²) in [7, 11) is -5.50. The van der Waals surface area contributed by atoms with Gasteiger partial charge in [0.15, 0.2) is 0 Å². The zero-order valence-electron chi connectivity index (χ0n) is 22.4. The number of rotatable bonds is 19. The van der Waals surface area contributed by atoms with Crippen LogP contribution in [0.4, 0.5) is 5.82 Å². The van der Waals surface area contributed by atoms with Crippen molar-refractivity contribution in [2.24, 2.45) is 5.11 Å². The third-order valence-electron chi connectivity index (χ3n) is 5.47. The van der Waals surface area contributed by atoms with Gasteiger partial charge in [0.1, 0.15) is 18.7 Å². The summed E-state index contributed by atoms with van der Waals surface area (Å²) >= 11 is 0. The van der Waals surface area contributed by atoms with Crippen LogP contribution in [0, 0.1) is 0 Å². The van der Waals surface area contributed by atoms with Crippen molar-refractivity contribution >= 4 is 25.5 Å². The molecule has 0 saturated heterocycles. The Morgan fingerprint density at radius 3 is 2.45 bits per heavy atom. The highest BCUT2D eigenvalue weighted by atomic mass is 31.2. The second-order valence-electron chi connectivity index (χ2n) is 8.99. The fraction of sp³-hybridized carbons (Fsp3) is 0.700. The van der Waals surface area contributed by atoms with E-state index in [4.69, 9.17) is 16.0 Å². The van der Waals surface area contributed by atoms with Crippen molar-refractivity contribution in [3.8, 4) is 0 Å². The highest BCUT2D eigenvalue weighted by Gasteiger charge is 2.48. The van der Waals surface area contributed by atoms with Gasteiger partial charge >= 0.3 is 19.5 Å². The van der Waals surface area contributed by atoms with Crippen molar-refractivity contribution in [3.63, 3.8) is 0 Å². The number of aromatic nitrogens is 2. The fourth-order valence-electron chi connectivity index (χ4n) is 3.25. The molecule has 8 atom stereocenters. The Morgan fingerprint density at radius 2 is 1.93 bits per heavy atom. The van der Waals surface area contributed by atoms with E-state index in [-0.39, 0.29) is 5.82 Å². The smallest absolute Gasteiger partial charge is 0.475 e. The van der Waals surface area contributed by atoms with Crippen LogP contribution in [0.3, 0.4) is 0 Å². The lowest BCUT2D eigenvalue weighted by Crippen LogP contribution is -2.52. The van der Waals surface area contributed by atoms with Crippen molar-refractivity contribution in [1.29, 1.82) is 0 Å². The summed E-state index contributed by atoms with van der Waals surface area (Å²) in [5.74, 6) is -6.72. The molecule has 10 N–H and O–H groups in total. The number of hydrogen-bond donors (Lipinski definition) is 9. The summed E-state index contributed by atoms with van der Waals surface area (Å²) in [6.45, 7) is 0.175. The molecule has 1 unspecified atom stereocenters. The molecule has 42 heavy (non-hydrogen) atoms. The topological polar surface area (TPSA) is 342 Å². The molecule has 22 heteroatoms.